The molecule has 3 heterocycles. The standard InChI is InChI=1S/C26H38ClN3O3S/c1-2-21-7-5-8-24(30(21)34(32,33)23-11-9-20(27)10-12-23)26(13-14-26)18-25(31)29-17-16-28-15-4-3-6-22(28)19-29/h9-12,21-22,24H,2-8,13-19H2,1H3/t21-,22?,24-/m1/s1. The van der Waals surface area contributed by atoms with Gasteiger partial charge >= 0.3 is 0 Å². The maximum Gasteiger partial charge on any atom is 0.243 e. The number of carbonyl (C=O) groups excluding carboxylic acids is 1. The van der Waals surface area contributed by atoms with E-state index in [1.54, 1.807) is 28.6 Å². The van der Waals surface area contributed by atoms with Gasteiger partial charge in [-0.15, -0.1) is 0 Å². The van der Waals surface area contributed by atoms with E-state index >= 15 is 0 Å². The molecule has 1 aliphatic carbocycles. The van der Waals surface area contributed by atoms with E-state index in [1.807, 2.05) is 0 Å². The van der Waals surface area contributed by atoms with Crippen LogP contribution in [0.5, 0.6) is 0 Å². The predicted molar refractivity (Wildman–Crippen MR) is 134 cm³/mol. The first-order valence-electron chi connectivity index (χ1n) is 13.1. The molecule has 3 saturated heterocycles. The first-order chi connectivity index (χ1) is 16.3. The van der Waals surface area contributed by atoms with Crippen LogP contribution in [0.4, 0.5) is 0 Å². The van der Waals surface area contributed by atoms with Crippen LogP contribution in [0, 0.1) is 5.41 Å². The normalized spacial score (nSPS) is 30.1. The van der Waals surface area contributed by atoms with Crippen LogP contribution in [0.2, 0.25) is 5.02 Å². The van der Waals surface area contributed by atoms with Crippen molar-refractivity contribution in [1.82, 2.24) is 14.1 Å². The summed E-state index contributed by atoms with van der Waals surface area (Å²) >= 11 is 6.03. The second-order valence-corrected chi connectivity index (χ2v) is 13.1. The lowest BCUT2D eigenvalue weighted by molar-refractivity contribution is -0.136. The molecule has 0 aromatic heterocycles. The average Bonchev–Trinajstić information content (AvgIpc) is 3.63. The first kappa shape index (κ1) is 24.5. The Kier molecular flexibility index (Phi) is 7.01. The topological polar surface area (TPSA) is 60.9 Å². The van der Waals surface area contributed by atoms with Crippen molar-refractivity contribution >= 4 is 27.5 Å². The van der Waals surface area contributed by atoms with Gasteiger partial charge in [-0.1, -0.05) is 31.4 Å². The highest BCUT2D eigenvalue weighted by Gasteiger charge is 2.57. The number of hydrogen-bond acceptors (Lipinski definition) is 4. The van der Waals surface area contributed by atoms with Crippen LogP contribution in [0.25, 0.3) is 0 Å². The summed E-state index contributed by atoms with van der Waals surface area (Å²) in [5.74, 6) is 0.227. The first-order valence-corrected chi connectivity index (χ1v) is 15.0. The number of fused-ring (bicyclic) bond motifs is 1. The van der Waals surface area contributed by atoms with Gasteiger partial charge in [-0.2, -0.15) is 4.31 Å². The van der Waals surface area contributed by atoms with Gasteiger partial charge in [0.15, 0.2) is 0 Å². The van der Waals surface area contributed by atoms with Gasteiger partial charge in [-0.25, -0.2) is 8.42 Å². The van der Waals surface area contributed by atoms with E-state index in [-0.39, 0.29) is 23.4 Å². The van der Waals surface area contributed by atoms with E-state index < -0.39 is 10.0 Å². The highest BCUT2D eigenvalue weighted by Crippen LogP contribution is 2.57. The molecule has 3 aliphatic heterocycles. The lowest BCUT2D eigenvalue weighted by atomic mass is 9.83. The van der Waals surface area contributed by atoms with Crippen LogP contribution in [-0.2, 0) is 14.8 Å². The molecule has 0 N–H and O–H groups in total. The van der Waals surface area contributed by atoms with Crippen LogP contribution < -0.4 is 0 Å². The van der Waals surface area contributed by atoms with Crippen LogP contribution in [-0.4, -0.2) is 72.7 Å². The third-order valence-electron chi connectivity index (χ3n) is 8.83. The number of benzene rings is 1. The molecule has 0 radical (unpaired) electrons. The SMILES string of the molecule is CC[C@@H]1CCC[C@H](C2(CC(=O)N3CCN4CCCCC4C3)CC2)N1S(=O)(=O)c1ccc(Cl)cc1. The Labute approximate surface area is 209 Å². The van der Waals surface area contributed by atoms with Crippen LogP contribution >= 0.6 is 11.6 Å². The average molecular weight is 508 g/mol. The lowest BCUT2D eigenvalue weighted by Gasteiger charge is -2.46. The number of hydrogen-bond donors (Lipinski definition) is 0. The monoisotopic (exact) mass is 507 g/mol. The minimum absolute atomic E-state index is 0.0159. The molecule has 3 atom stereocenters. The van der Waals surface area contributed by atoms with Gasteiger partial charge in [0, 0.05) is 49.2 Å². The molecule has 1 amide bonds. The molecule has 4 aliphatic rings. The third-order valence-corrected chi connectivity index (χ3v) is 11.1. The number of piperidine rings is 2. The highest BCUT2D eigenvalue weighted by molar-refractivity contribution is 7.89. The quantitative estimate of drug-likeness (QED) is 0.567. The van der Waals surface area contributed by atoms with E-state index in [9.17, 15) is 13.2 Å². The van der Waals surface area contributed by atoms with Crippen molar-refractivity contribution in [2.75, 3.05) is 26.2 Å². The minimum Gasteiger partial charge on any atom is -0.340 e. The Balaban J connectivity index is 1.36. The summed E-state index contributed by atoms with van der Waals surface area (Å²) in [5, 5.41) is 0.531. The molecule has 1 saturated carbocycles. The minimum atomic E-state index is -3.67. The number of amides is 1. The number of halogens is 1. The summed E-state index contributed by atoms with van der Waals surface area (Å²) in [7, 11) is -3.67. The number of nitrogens with zero attached hydrogens (tertiary/aromatic N) is 3. The van der Waals surface area contributed by atoms with Gasteiger partial charge in [0.05, 0.1) is 4.90 Å². The number of carbonyl (C=O) groups is 1. The molecular formula is C26H38ClN3O3S. The van der Waals surface area contributed by atoms with E-state index in [0.717, 1.165) is 64.7 Å². The second-order valence-electron chi connectivity index (χ2n) is 10.9. The summed E-state index contributed by atoms with van der Waals surface area (Å²) in [6, 6.07) is 6.91. The van der Waals surface area contributed by atoms with Crippen molar-refractivity contribution in [1.29, 1.82) is 0 Å². The Hall–Kier alpha value is -1.15. The second kappa shape index (κ2) is 9.72. The molecule has 1 aromatic carbocycles. The molecule has 34 heavy (non-hydrogen) atoms. The van der Waals surface area contributed by atoms with Gasteiger partial charge in [0.1, 0.15) is 0 Å². The largest absolute Gasteiger partial charge is 0.340 e. The Bertz CT molecular complexity index is 995. The van der Waals surface area contributed by atoms with Gasteiger partial charge in [0.25, 0.3) is 0 Å². The predicted octanol–water partition coefficient (Wildman–Crippen LogP) is 4.53. The molecular weight excluding hydrogens is 470 g/mol. The van der Waals surface area contributed by atoms with E-state index in [1.165, 1.54) is 19.3 Å². The van der Waals surface area contributed by atoms with Crippen LogP contribution in [0.1, 0.15) is 71.1 Å². The van der Waals surface area contributed by atoms with Crippen molar-refractivity contribution in [3.05, 3.63) is 29.3 Å². The fourth-order valence-electron chi connectivity index (χ4n) is 6.69. The Morgan fingerprint density at radius 2 is 1.79 bits per heavy atom. The van der Waals surface area contributed by atoms with Gasteiger partial charge < -0.3 is 4.90 Å². The van der Waals surface area contributed by atoms with Crippen molar-refractivity contribution in [3.8, 4) is 0 Å². The van der Waals surface area contributed by atoms with Crippen LogP contribution in [0.15, 0.2) is 29.2 Å². The molecule has 188 valence electrons. The lowest BCUT2D eigenvalue weighted by Crippen LogP contribution is -2.57. The summed E-state index contributed by atoms with van der Waals surface area (Å²) < 4.78 is 29.6. The number of piperazine rings is 1. The maximum absolute atomic E-state index is 13.9. The molecule has 1 unspecified atom stereocenters. The van der Waals surface area contributed by atoms with Gasteiger partial charge in [0.2, 0.25) is 15.9 Å². The summed E-state index contributed by atoms with van der Waals surface area (Å²) in [6.45, 7) is 5.85. The Morgan fingerprint density at radius 1 is 1.03 bits per heavy atom. The number of rotatable bonds is 6. The fraction of sp³-hybridized carbons (Fsp3) is 0.731. The Morgan fingerprint density at radius 3 is 2.50 bits per heavy atom. The molecule has 4 fully saturated rings. The molecule has 0 bridgehead atoms. The van der Waals surface area contributed by atoms with Gasteiger partial charge in [-0.3, -0.25) is 9.69 Å². The highest BCUT2D eigenvalue weighted by atomic mass is 35.5. The zero-order chi connectivity index (χ0) is 23.9. The summed E-state index contributed by atoms with van der Waals surface area (Å²) in [5.41, 5.74) is -0.214. The zero-order valence-corrected chi connectivity index (χ0v) is 21.9. The van der Waals surface area contributed by atoms with E-state index in [0.29, 0.717) is 22.4 Å². The van der Waals surface area contributed by atoms with E-state index in [4.69, 9.17) is 11.6 Å². The third kappa shape index (κ3) is 4.65. The zero-order valence-electron chi connectivity index (χ0n) is 20.3. The molecule has 6 nitrogen and oxygen atoms in total. The molecule has 0 spiro atoms. The maximum atomic E-state index is 13.9. The smallest absolute Gasteiger partial charge is 0.243 e. The van der Waals surface area contributed by atoms with Crippen molar-refractivity contribution < 1.29 is 13.2 Å². The summed E-state index contributed by atoms with van der Waals surface area (Å²) in [6.07, 6.45) is 9.60. The van der Waals surface area contributed by atoms with Crippen LogP contribution in [0.3, 0.4) is 0 Å². The molecule has 1 aromatic rings. The van der Waals surface area contributed by atoms with E-state index in [2.05, 4.69) is 16.7 Å². The summed E-state index contributed by atoms with van der Waals surface area (Å²) in [4.78, 5) is 18.4. The van der Waals surface area contributed by atoms with Crippen molar-refractivity contribution in [3.63, 3.8) is 0 Å². The molecule has 8 heteroatoms. The van der Waals surface area contributed by atoms with Crippen molar-refractivity contribution in [2.45, 2.75) is 94.2 Å². The van der Waals surface area contributed by atoms with Crippen molar-refractivity contribution in [2.24, 2.45) is 5.41 Å². The fourth-order valence-corrected chi connectivity index (χ4v) is 8.85. The number of sulfonamides is 1. The molecule has 5 rings (SSSR count). The van der Waals surface area contributed by atoms with Gasteiger partial charge in [-0.05, 0) is 81.2 Å².